The maximum atomic E-state index is 8.85. The minimum atomic E-state index is 0.712. The summed E-state index contributed by atoms with van der Waals surface area (Å²) in [6, 6.07) is 20.1. The lowest BCUT2D eigenvalue weighted by molar-refractivity contribution is 0.922. The summed E-state index contributed by atoms with van der Waals surface area (Å²) in [6.07, 6.45) is 0. The highest BCUT2D eigenvalue weighted by Crippen LogP contribution is 2.15. The second kappa shape index (κ2) is 5.18. The Balaban J connectivity index is 2.13. The molecule has 0 fully saturated rings. The van der Waals surface area contributed by atoms with E-state index in [4.69, 9.17) is 5.26 Å². The topological polar surface area (TPSA) is 27.0 Å². The number of rotatable bonds is 3. The fourth-order valence-electron chi connectivity index (χ4n) is 1.79. The maximum Gasteiger partial charge on any atom is 0.0991 e. The van der Waals surface area contributed by atoms with Crippen molar-refractivity contribution >= 4 is 5.69 Å². The molecule has 2 aromatic rings. The van der Waals surface area contributed by atoms with E-state index in [2.05, 4.69) is 23.1 Å². The number of hydrogen-bond donors (Lipinski definition) is 0. The molecule has 0 spiro atoms. The standard InChI is InChI=1S/C15H14N2/c1-17(15-8-3-2-4-9-15)12-14-7-5-6-13(10-14)11-16/h2-10H,12H2,1H3. The summed E-state index contributed by atoms with van der Waals surface area (Å²) in [4.78, 5) is 2.16. The molecular formula is C15H14N2. The summed E-state index contributed by atoms with van der Waals surface area (Å²) in [7, 11) is 2.05. The molecule has 0 unspecified atom stereocenters. The quantitative estimate of drug-likeness (QED) is 0.797. The van der Waals surface area contributed by atoms with Crippen LogP contribution in [-0.2, 0) is 6.54 Å². The molecule has 0 N–H and O–H groups in total. The molecule has 0 saturated carbocycles. The molecule has 0 aliphatic heterocycles. The molecule has 0 heterocycles. The Morgan fingerprint density at radius 2 is 1.82 bits per heavy atom. The van der Waals surface area contributed by atoms with Crippen LogP contribution in [0.15, 0.2) is 54.6 Å². The molecular weight excluding hydrogens is 208 g/mol. The van der Waals surface area contributed by atoms with Gasteiger partial charge in [0.15, 0.2) is 0 Å². The van der Waals surface area contributed by atoms with Crippen LogP contribution in [0.25, 0.3) is 0 Å². The summed E-state index contributed by atoms with van der Waals surface area (Å²) in [6.45, 7) is 0.805. The van der Waals surface area contributed by atoms with Gasteiger partial charge in [-0.1, -0.05) is 30.3 Å². The van der Waals surface area contributed by atoms with Crippen LogP contribution in [0.1, 0.15) is 11.1 Å². The summed E-state index contributed by atoms with van der Waals surface area (Å²) < 4.78 is 0. The van der Waals surface area contributed by atoms with E-state index in [1.54, 1.807) is 0 Å². The van der Waals surface area contributed by atoms with E-state index in [9.17, 15) is 0 Å². The van der Waals surface area contributed by atoms with E-state index in [1.165, 1.54) is 5.69 Å². The zero-order valence-corrected chi connectivity index (χ0v) is 9.80. The van der Waals surface area contributed by atoms with Gasteiger partial charge in [-0.25, -0.2) is 0 Å². The van der Waals surface area contributed by atoms with E-state index in [1.807, 2.05) is 49.5 Å². The number of anilines is 1. The zero-order valence-electron chi connectivity index (χ0n) is 9.80. The van der Waals surface area contributed by atoms with Crippen molar-refractivity contribution in [3.63, 3.8) is 0 Å². The van der Waals surface area contributed by atoms with E-state index >= 15 is 0 Å². The molecule has 0 saturated heterocycles. The van der Waals surface area contributed by atoms with Gasteiger partial charge >= 0.3 is 0 Å². The average molecular weight is 222 g/mol. The Morgan fingerprint density at radius 1 is 1.06 bits per heavy atom. The molecule has 0 atom stereocenters. The number of hydrogen-bond acceptors (Lipinski definition) is 2. The Morgan fingerprint density at radius 3 is 2.53 bits per heavy atom. The first kappa shape index (κ1) is 11.2. The predicted octanol–water partition coefficient (Wildman–Crippen LogP) is 3.19. The highest BCUT2D eigenvalue weighted by molar-refractivity contribution is 5.46. The van der Waals surface area contributed by atoms with Crippen molar-refractivity contribution in [3.05, 3.63) is 65.7 Å². The highest BCUT2D eigenvalue weighted by Gasteiger charge is 2.01. The van der Waals surface area contributed by atoms with Crippen LogP contribution in [0, 0.1) is 11.3 Å². The third-order valence-electron chi connectivity index (χ3n) is 2.67. The van der Waals surface area contributed by atoms with Crippen LogP contribution in [0.4, 0.5) is 5.69 Å². The normalized spacial score (nSPS) is 9.65. The molecule has 0 radical (unpaired) electrons. The third kappa shape index (κ3) is 2.85. The first-order valence-corrected chi connectivity index (χ1v) is 5.55. The van der Waals surface area contributed by atoms with Crippen molar-refractivity contribution in [3.8, 4) is 6.07 Å². The van der Waals surface area contributed by atoms with Gasteiger partial charge in [0.25, 0.3) is 0 Å². The van der Waals surface area contributed by atoms with Crippen molar-refractivity contribution in [2.45, 2.75) is 6.54 Å². The van der Waals surface area contributed by atoms with Gasteiger partial charge in [-0.3, -0.25) is 0 Å². The average Bonchev–Trinajstić information content (AvgIpc) is 2.40. The number of para-hydroxylation sites is 1. The van der Waals surface area contributed by atoms with Gasteiger partial charge < -0.3 is 4.90 Å². The molecule has 0 bridgehead atoms. The predicted molar refractivity (Wildman–Crippen MR) is 69.7 cm³/mol. The fourth-order valence-corrected chi connectivity index (χ4v) is 1.79. The van der Waals surface area contributed by atoms with E-state index < -0.39 is 0 Å². The van der Waals surface area contributed by atoms with Gasteiger partial charge in [0.05, 0.1) is 11.6 Å². The Kier molecular flexibility index (Phi) is 3.42. The second-order valence-electron chi connectivity index (χ2n) is 4.00. The van der Waals surface area contributed by atoms with Crippen LogP contribution >= 0.6 is 0 Å². The number of benzene rings is 2. The Bertz CT molecular complexity index is 526. The summed E-state index contributed by atoms with van der Waals surface area (Å²) in [5, 5.41) is 8.85. The molecule has 0 aliphatic carbocycles. The maximum absolute atomic E-state index is 8.85. The minimum Gasteiger partial charge on any atom is -0.370 e. The summed E-state index contributed by atoms with van der Waals surface area (Å²) in [5.74, 6) is 0. The smallest absolute Gasteiger partial charge is 0.0991 e. The van der Waals surface area contributed by atoms with E-state index in [0.717, 1.165) is 12.1 Å². The van der Waals surface area contributed by atoms with Crippen LogP contribution in [0.3, 0.4) is 0 Å². The van der Waals surface area contributed by atoms with Gasteiger partial charge in [0, 0.05) is 19.3 Å². The summed E-state index contributed by atoms with van der Waals surface area (Å²) in [5.41, 5.74) is 3.04. The Labute approximate surface area is 102 Å². The van der Waals surface area contributed by atoms with Crippen molar-refractivity contribution in [1.82, 2.24) is 0 Å². The highest BCUT2D eigenvalue weighted by atomic mass is 15.1. The number of nitriles is 1. The van der Waals surface area contributed by atoms with Gasteiger partial charge in [-0.15, -0.1) is 0 Å². The molecule has 0 aromatic heterocycles. The monoisotopic (exact) mass is 222 g/mol. The first-order chi connectivity index (χ1) is 8.29. The van der Waals surface area contributed by atoms with Crippen molar-refractivity contribution in [1.29, 1.82) is 5.26 Å². The van der Waals surface area contributed by atoms with E-state index in [0.29, 0.717) is 5.56 Å². The second-order valence-corrected chi connectivity index (χ2v) is 4.00. The molecule has 2 heteroatoms. The van der Waals surface area contributed by atoms with Gasteiger partial charge in [0.2, 0.25) is 0 Å². The lowest BCUT2D eigenvalue weighted by Gasteiger charge is -2.19. The molecule has 2 rings (SSSR count). The lowest BCUT2D eigenvalue weighted by atomic mass is 10.1. The fraction of sp³-hybridized carbons (Fsp3) is 0.133. The van der Waals surface area contributed by atoms with Crippen molar-refractivity contribution in [2.75, 3.05) is 11.9 Å². The molecule has 2 nitrogen and oxygen atoms in total. The molecule has 0 aliphatic rings. The van der Waals surface area contributed by atoms with Crippen LogP contribution in [-0.4, -0.2) is 7.05 Å². The van der Waals surface area contributed by atoms with Gasteiger partial charge in [-0.2, -0.15) is 5.26 Å². The molecule has 84 valence electrons. The molecule has 2 aromatic carbocycles. The lowest BCUT2D eigenvalue weighted by Crippen LogP contribution is -2.16. The SMILES string of the molecule is CN(Cc1cccc(C#N)c1)c1ccccc1. The Hall–Kier alpha value is -2.27. The third-order valence-corrected chi connectivity index (χ3v) is 2.67. The van der Waals surface area contributed by atoms with Gasteiger partial charge in [-0.05, 0) is 29.8 Å². The number of nitrogens with zero attached hydrogens (tertiary/aromatic N) is 2. The van der Waals surface area contributed by atoms with Crippen LogP contribution in [0.2, 0.25) is 0 Å². The van der Waals surface area contributed by atoms with Gasteiger partial charge in [0.1, 0.15) is 0 Å². The van der Waals surface area contributed by atoms with E-state index in [-0.39, 0.29) is 0 Å². The van der Waals surface area contributed by atoms with Crippen LogP contribution in [0.5, 0.6) is 0 Å². The first-order valence-electron chi connectivity index (χ1n) is 5.55. The minimum absolute atomic E-state index is 0.712. The van der Waals surface area contributed by atoms with Crippen molar-refractivity contribution < 1.29 is 0 Å². The van der Waals surface area contributed by atoms with Crippen LogP contribution < -0.4 is 4.90 Å². The zero-order chi connectivity index (χ0) is 12.1. The molecule has 0 amide bonds. The van der Waals surface area contributed by atoms with Crippen molar-refractivity contribution in [2.24, 2.45) is 0 Å². The largest absolute Gasteiger partial charge is 0.370 e. The summed E-state index contributed by atoms with van der Waals surface area (Å²) >= 11 is 0. The molecule has 17 heavy (non-hydrogen) atoms.